The van der Waals surface area contributed by atoms with E-state index in [4.69, 9.17) is 22.1 Å². The van der Waals surface area contributed by atoms with Crippen LogP contribution in [-0.2, 0) is 0 Å². The highest BCUT2D eigenvalue weighted by molar-refractivity contribution is 6.30. The molecule has 0 aliphatic heterocycles. The van der Waals surface area contributed by atoms with E-state index in [0.29, 0.717) is 5.02 Å². The molecule has 0 aliphatic carbocycles. The lowest BCUT2D eigenvalue weighted by atomic mass is 10.1. The molecule has 2 nitrogen and oxygen atoms in total. The van der Waals surface area contributed by atoms with E-state index in [9.17, 15) is 0 Å². The predicted octanol–water partition coefficient (Wildman–Crippen LogP) is 1.88. The van der Waals surface area contributed by atoms with Crippen molar-refractivity contribution in [3.63, 3.8) is 0 Å². The van der Waals surface area contributed by atoms with E-state index in [0.717, 1.165) is 0 Å². The van der Waals surface area contributed by atoms with Gasteiger partial charge in [-0.15, -0.1) is 0 Å². The second-order valence-corrected chi connectivity index (χ2v) is 2.29. The summed E-state index contributed by atoms with van der Waals surface area (Å²) in [6.45, 7) is 0. The molecular formula is C8H2ClN2. The van der Waals surface area contributed by atoms with Crippen LogP contribution in [0.1, 0.15) is 11.1 Å². The molecule has 1 aromatic carbocycles. The molecule has 0 saturated carbocycles. The SMILES string of the molecule is N#Cc1[c]c(C#N)cc(Cl)c1. The van der Waals surface area contributed by atoms with Gasteiger partial charge in [-0.05, 0) is 12.1 Å². The van der Waals surface area contributed by atoms with Gasteiger partial charge in [0.15, 0.2) is 0 Å². The van der Waals surface area contributed by atoms with Crippen LogP contribution in [0.15, 0.2) is 12.1 Å². The number of hydrogen-bond donors (Lipinski definition) is 0. The molecule has 1 radical (unpaired) electrons. The molecule has 0 N–H and O–H groups in total. The highest BCUT2D eigenvalue weighted by Crippen LogP contribution is 2.12. The Morgan fingerprint density at radius 1 is 1.18 bits per heavy atom. The normalized spacial score (nSPS) is 8.27. The number of benzene rings is 1. The summed E-state index contributed by atoms with van der Waals surface area (Å²) in [6, 6.07) is 9.20. The second kappa shape index (κ2) is 3.05. The van der Waals surface area contributed by atoms with E-state index in [-0.39, 0.29) is 11.1 Å². The minimum atomic E-state index is 0.286. The van der Waals surface area contributed by atoms with Gasteiger partial charge in [-0.25, -0.2) is 0 Å². The molecule has 11 heavy (non-hydrogen) atoms. The van der Waals surface area contributed by atoms with E-state index >= 15 is 0 Å². The quantitative estimate of drug-likeness (QED) is 0.583. The first-order chi connectivity index (χ1) is 5.26. The summed E-state index contributed by atoms with van der Waals surface area (Å²) in [6.07, 6.45) is 0. The van der Waals surface area contributed by atoms with Crippen molar-refractivity contribution in [1.82, 2.24) is 0 Å². The maximum atomic E-state index is 8.43. The standard InChI is InChI=1S/C8H2ClN2/c9-8-2-6(4-10)1-7(3-8)5-11/h2-3H. The van der Waals surface area contributed by atoms with Gasteiger partial charge < -0.3 is 0 Å². The van der Waals surface area contributed by atoms with Crippen LogP contribution < -0.4 is 0 Å². The summed E-state index contributed by atoms with van der Waals surface area (Å²) in [5.74, 6) is 0. The molecule has 51 valence electrons. The molecule has 0 saturated heterocycles. The zero-order chi connectivity index (χ0) is 8.27. The van der Waals surface area contributed by atoms with E-state index < -0.39 is 0 Å². The molecule has 0 aliphatic rings. The minimum Gasteiger partial charge on any atom is -0.192 e. The summed E-state index contributed by atoms with van der Waals surface area (Å²) in [4.78, 5) is 0. The van der Waals surface area contributed by atoms with E-state index in [1.54, 1.807) is 0 Å². The lowest BCUT2D eigenvalue weighted by Gasteiger charge is -1.90. The van der Waals surface area contributed by atoms with Gasteiger partial charge in [0.1, 0.15) is 0 Å². The first kappa shape index (κ1) is 7.60. The zero-order valence-electron chi connectivity index (χ0n) is 5.43. The van der Waals surface area contributed by atoms with Crippen LogP contribution in [0.5, 0.6) is 0 Å². The molecule has 0 fully saturated rings. The number of rotatable bonds is 0. The Morgan fingerprint density at radius 2 is 1.64 bits per heavy atom. The summed E-state index contributed by atoms with van der Waals surface area (Å²) in [7, 11) is 0. The van der Waals surface area contributed by atoms with Crippen molar-refractivity contribution in [2.75, 3.05) is 0 Å². The Kier molecular flexibility index (Phi) is 2.11. The molecule has 0 amide bonds. The predicted molar refractivity (Wildman–Crippen MR) is 39.7 cm³/mol. The third-order valence-corrected chi connectivity index (χ3v) is 1.29. The number of halogens is 1. The fourth-order valence-electron chi connectivity index (χ4n) is 0.655. The van der Waals surface area contributed by atoms with Gasteiger partial charge in [0.05, 0.1) is 23.3 Å². The fraction of sp³-hybridized carbons (Fsp3) is 0. The van der Waals surface area contributed by atoms with Gasteiger partial charge in [-0.2, -0.15) is 10.5 Å². The maximum Gasteiger partial charge on any atom is 0.0999 e. The van der Waals surface area contributed by atoms with Crippen LogP contribution in [0.2, 0.25) is 5.02 Å². The van der Waals surface area contributed by atoms with Gasteiger partial charge in [-0.1, -0.05) is 11.6 Å². The maximum absolute atomic E-state index is 8.43. The number of hydrogen-bond acceptors (Lipinski definition) is 2. The van der Waals surface area contributed by atoms with E-state index in [2.05, 4.69) is 6.07 Å². The lowest BCUT2D eigenvalue weighted by molar-refractivity contribution is 1.44. The van der Waals surface area contributed by atoms with Gasteiger partial charge in [0.2, 0.25) is 0 Å². The summed E-state index contributed by atoms with van der Waals surface area (Å²) < 4.78 is 0. The fourth-order valence-corrected chi connectivity index (χ4v) is 0.873. The smallest absolute Gasteiger partial charge is 0.0999 e. The van der Waals surface area contributed by atoms with E-state index in [1.807, 2.05) is 12.1 Å². The van der Waals surface area contributed by atoms with Crippen molar-refractivity contribution in [2.45, 2.75) is 0 Å². The molecule has 0 aromatic heterocycles. The molecule has 0 bridgehead atoms. The third kappa shape index (κ3) is 1.70. The molecular weight excluding hydrogens is 160 g/mol. The lowest BCUT2D eigenvalue weighted by Crippen LogP contribution is -1.79. The van der Waals surface area contributed by atoms with Crippen LogP contribution in [0, 0.1) is 28.7 Å². The topological polar surface area (TPSA) is 47.6 Å². The minimum absolute atomic E-state index is 0.286. The average molecular weight is 162 g/mol. The molecule has 0 unspecified atom stereocenters. The summed E-state index contributed by atoms with van der Waals surface area (Å²) in [5.41, 5.74) is 0.572. The van der Waals surface area contributed by atoms with Crippen molar-refractivity contribution >= 4 is 11.6 Å². The first-order valence-electron chi connectivity index (χ1n) is 2.79. The average Bonchev–Trinajstić information content (AvgIpc) is 2.03. The Labute approximate surface area is 69.2 Å². The van der Waals surface area contributed by atoms with Crippen molar-refractivity contribution in [3.8, 4) is 12.1 Å². The van der Waals surface area contributed by atoms with Crippen LogP contribution in [0.4, 0.5) is 0 Å². The first-order valence-corrected chi connectivity index (χ1v) is 3.17. The van der Waals surface area contributed by atoms with Crippen LogP contribution in [-0.4, -0.2) is 0 Å². The Morgan fingerprint density at radius 3 is 2.00 bits per heavy atom. The van der Waals surface area contributed by atoms with Gasteiger partial charge in [-0.3, -0.25) is 0 Å². The Balaban J connectivity index is 3.28. The zero-order valence-corrected chi connectivity index (χ0v) is 6.18. The molecule has 1 rings (SSSR count). The number of nitrogens with zero attached hydrogens (tertiary/aromatic N) is 2. The van der Waals surface area contributed by atoms with E-state index in [1.165, 1.54) is 12.1 Å². The van der Waals surface area contributed by atoms with Gasteiger partial charge in [0.25, 0.3) is 0 Å². The molecule has 1 aromatic rings. The highest BCUT2D eigenvalue weighted by atomic mass is 35.5. The van der Waals surface area contributed by atoms with Crippen molar-refractivity contribution in [3.05, 3.63) is 34.3 Å². The molecule has 3 heteroatoms. The van der Waals surface area contributed by atoms with Crippen LogP contribution >= 0.6 is 11.6 Å². The molecule has 0 heterocycles. The largest absolute Gasteiger partial charge is 0.192 e. The van der Waals surface area contributed by atoms with Crippen molar-refractivity contribution in [2.24, 2.45) is 0 Å². The summed E-state index contributed by atoms with van der Waals surface area (Å²) >= 11 is 5.59. The van der Waals surface area contributed by atoms with Crippen LogP contribution in [0.3, 0.4) is 0 Å². The molecule has 0 atom stereocenters. The van der Waals surface area contributed by atoms with Crippen LogP contribution in [0.25, 0.3) is 0 Å². The van der Waals surface area contributed by atoms with Crippen molar-refractivity contribution in [1.29, 1.82) is 10.5 Å². The van der Waals surface area contributed by atoms with Gasteiger partial charge in [0, 0.05) is 11.1 Å². The summed E-state index contributed by atoms with van der Waals surface area (Å²) in [5, 5.41) is 17.3. The highest BCUT2D eigenvalue weighted by Gasteiger charge is 1.97. The second-order valence-electron chi connectivity index (χ2n) is 1.85. The van der Waals surface area contributed by atoms with Gasteiger partial charge >= 0.3 is 0 Å². The Hall–Kier alpha value is -1.51. The molecule has 0 spiro atoms. The Bertz CT molecular complexity index is 325. The monoisotopic (exact) mass is 161 g/mol. The third-order valence-electron chi connectivity index (χ3n) is 1.07. The van der Waals surface area contributed by atoms with Crippen molar-refractivity contribution < 1.29 is 0 Å². The number of nitriles is 2.